The molecule has 0 aliphatic carbocycles. The van der Waals surface area contributed by atoms with Gasteiger partial charge in [-0.2, -0.15) is 0 Å². The van der Waals surface area contributed by atoms with Crippen molar-refractivity contribution in [3.63, 3.8) is 0 Å². The molecule has 0 saturated heterocycles. The maximum absolute atomic E-state index is 2.37. The number of rotatable bonds is 22. The summed E-state index contributed by atoms with van der Waals surface area (Å²) in [5.74, 6) is 2.05. The van der Waals surface area contributed by atoms with Crippen LogP contribution in [-0.4, -0.2) is 0 Å². The summed E-state index contributed by atoms with van der Waals surface area (Å²) in [6, 6.07) is 0. The van der Waals surface area contributed by atoms with Gasteiger partial charge in [-0.05, 0) is 18.3 Å². The Kier molecular flexibility index (Phi) is 22.3. The molecule has 0 radical (unpaired) electrons. The largest absolute Gasteiger partial charge is 0.0654 e. The molecule has 0 amide bonds. The van der Waals surface area contributed by atoms with Crippen LogP contribution in [-0.2, 0) is 0 Å². The first-order valence-corrected chi connectivity index (χ1v) is 13.3. The molecule has 2 unspecified atom stereocenters. The van der Waals surface area contributed by atoms with E-state index in [2.05, 4.69) is 27.7 Å². The predicted octanol–water partition coefficient (Wildman–Crippen LogP) is 10.5. The minimum Gasteiger partial charge on any atom is -0.0654 e. The maximum Gasteiger partial charge on any atom is -0.0412 e. The van der Waals surface area contributed by atoms with E-state index in [1.165, 1.54) is 128 Å². The quantitative estimate of drug-likeness (QED) is 0.164. The Morgan fingerprint density at radius 3 is 1.00 bits per heavy atom. The van der Waals surface area contributed by atoms with E-state index >= 15 is 0 Å². The van der Waals surface area contributed by atoms with Gasteiger partial charge in [-0.15, -0.1) is 0 Å². The van der Waals surface area contributed by atoms with Crippen molar-refractivity contribution in [3.05, 3.63) is 0 Å². The number of unbranched alkanes of at least 4 members (excludes halogenated alkanes) is 12. The third-order valence-electron chi connectivity index (χ3n) is 6.53. The van der Waals surface area contributed by atoms with Crippen LogP contribution >= 0.6 is 0 Å². The minimum atomic E-state index is 1.03. The standard InChI is InChI=1S/C27H56/c1-5-9-13-15-17-19-23-26(21-11-7-3)25-27(22-12-8-4)24-20-18-16-14-10-6-2/h26-27H,5-25H2,1-4H3. The molecule has 0 aromatic carbocycles. The number of hydrogen-bond donors (Lipinski definition) is 0. The van der Waals surface area contributed by atoms with Crippen LogP contribution in [0.5, 0.6) is 0 Å². The van der Waals surface area contributed by atoms with Crippen molar-refractivity contribution in [1.29, 1.82) is 0 Å². The first-order valence-electron chi connectivity index (χ1n) is 13.3. The van der Waals surface area contributed by atoms with Gasteiger partial charge in [0.05, 0.1) is 0 Å². The summed E-state index contributed by atoms with van der Waals surface area (Å²) < 4.78 is 0. The van der Waals surface area contributed by atoms with E-state index in [1.54, 1.807) is 6.42 Å². The van der Waals surface area contributed by atoms with Gasteiger partial charge in [0.1, 0.15) is 0 Å². The highest BCUT2D eigenvalue weighted by Crippen LogP contribution is 2.30. The Bertz CT molecular complexity index is 231. The second-order valence-corrected chi connectivity index (χ2v) is 9.37. The zero-order chi connectivity index (χ0) is 20.0. The van der Waals surface area contributed by atoms with Gasteiger partial charge in [-0.25, -0.2) is 0 Å². The molecule has 164 valence electrons. The molecule has 0 spiro atoms. The van der Waals surface area contributed by atoms with E-state index in [9.17, 15) is 0 Å². The van der Waals surface area contributed by atoms with Gasteiger partial charge < -0.3 is 0 Å². The molecule has 0 aromatic rings. The fourth-order valence-electron chi connectivity index (χ4n) is 4.64. The highest BCUT2D eigenvalue weighted by Gasteiger charge is 2.16. The summed E-state index contributed by atoms with van der Waals surface area (Å²) in [5.41, 5.74) is 0. The smallest absolute Gasteiger partial charge is 0.0412 e. The first-order chi connectivity index (χ1) is 13.3. The summed E-state index contributed by atoms with van der Waals surface area (Å²) >= 11 is 0. The van der Waals surface area contributed by atoms with Crippen LogP contribution in [0.3, 0.4) is 0 Å². The van der Waals surface area contributed by atoms with Crippen molar-refractivity contribution in [2.75, 3.05) is 0 Å². The Morgan fingerprint density at radius 2 is 0.630 bits per heavy atom. The van der Waals surface area contributed by atoms with E-state index < -0.39 is 0 Å². The van der Waals surface area contributed by atoms with Crippen molar-refractivity contribution in [2.45, 2.75) is 163 Å². The van der Waals surface area contributed by atoms with Gasteiger partial charge >= 0.3 is 0 Å². The molecule has 0 heteroatoms. The van der Waals surface area contributed by atoms with Gasteiger partial charge in [-0.3, -0.25) is 0 Å². The molecule has 0 heterocycles. The van der Waals surface area contributed by atoms with E-state index in [1.807, 2.05) is 0 Å². The first kappa shape index (κ1) is 27.0. The van der Waals surface area contributed by atoms with Crippen LogP contribution in [0.15, 0.2) is 0 Å². The van der Waals surface area contributed by atoms with E-state index in [0.29, 0.717) is 0 Å². The SMILES string of the molecule is CCCCCCCCC(CCCC)CC(CCCC)CCCCCCCC. The Hall–Kier alpha value is 0. The Labute approximate surface area is 174 Å². The van der Waals surface area contributed by atoms with Crippen LogP contribution in [0, 0.1) is 11.8 Å². The van der Waals surface area contributed by atoms with Crippen LogP contribution < -0.4 is 0 Å². The molecular formula is C27H56. The molecule has 0 aromatic heterocycles. The molecule has 27 heavy (non-hydrogen) atoms. The fourth-order valence-corrected chi connectivity index (χ4v) is 4.64. The Balaban J connectivity index is 4.20. The average Bonchev–Trinajstić information content (AvgIpc) is 2.68. The van der Waals surface area contributed by atoms with Crippen molar-refractivity contribution in [2.24, 2.45) is 11.8 Å². The maximum atomic E-state index is 2.37. The molecule has 0 N–H and O–H groups in total. The second kappa shape index (κ2) is 22.3. The normalized spacial score (nSPS) is 13.8. The van der Waals surface area contributed by atoms with Crippen LogP contribution in [0.1, 0.15) is 163 Å². The molecular weight excluding hydrogens is 324 g/mol. The molecule has 0 aliphatic rings. The molecule has 0 rings (SSSR count). The molecule has 0 nitrogen and oxygen atoms in total. The van der Waals surface area contributed by atoms with Gasteiger partial charge in [0.2, 0.25) is 0 Å². The predicted molar refractivity (Wildman–Crippen MR) is 127 cm³/mol. The summed E-state index contributed by atoms with van der Waals surface area (Å²) in [5, 5.41) is 0. The molecule has 2 atom stereocenters. The molecule has 0 fully saturated rings. The van der Waals surface area contributed by atoms with Crippen molar-refractivity contribution < 1.29 is 0 Å². The molecule has 0 bridgehead atoms. The zero-order valence-electron chi connectivity index (χ0n) is 20.0. The lowest BCUT2D eigenvalue weighted by atomic mass is 9.82. The topological polar surface area (TPSA) is 0 Å². The lowest BCUT2D eigenvalue weighted by Crippen LogP contribution is -2.10. The summed E-state index contributed by atoms with van der Waals surface area (Å²) in [7, 11) is 0. The lowest BCUT2D eigenvalue weighted by molar-refractivity contribution is 0.285. The summed E-state index contributed by atoms with van der Waals surface area (Å²) in [6.07, 6.45) is 30.7. The second-order valence-electron chi connectivity index (χ2n) is 9.37. The van der Waals surface area contributed by atoms with Gasteiger partial charge in [-0.1, -0.05) is 156 Å². The highest BCUT2D eigenvalue weighted by molar-refractivity contribution is 4.68. The van der Waals surface area contributed by atoms with E-state index in [4.69, 9.17) is 0 Å². The third kappa shape index (κ3) is 19.1. The van der Waals surface area contributed by atoms with Crippen molar-refractivity contribution >= 4 is 0 Å². The van der Waals surface area contributed by atoms with Crippen molar-refractivity contribution in [1.82, 2.24) is 0 Å². The molecule has 0 saturated carbocycles. The van der Waals surface area contributed by atoms with Gasteiger partial charge in [0.25, 0.3) is 0 Å². The Morgan fingerprint density at radius 1 is 0.333 bits per heavy atom. The molecule has 0 aliphatic heterocycles. The van der Waals surface area contributed by atoms with E-state index in [-0.39, 0.29) is 0 Å². The summed E-state index contributed by atoms with van der Waals surface area (Å²) in [6.45, 7) is 9.38. The van der Waals surface area contributed by atoms with Crippen LogP contribution in [0.25, 0.3) is 0 Å². The lowest BCUT2D eigenvalue weighted by Gasteiger charge is -2.24. The van der Waals surface area contributed by atoms with Crippen LogP contribution in [0.2, 0.25) is 0 Å². The van der Waals surface area contributed by atoms with Gasteiger partial charge in [0, 0.05) is 0 Å². The van der Waals surface area contributed by atoms with E-state index in [0.717, 1.165) is 11.8 Å². The summed E-state index contributed by atoms with van der Waals surface area (Å²) in [4.78, 5) is 0. The average molecular weight is 381 g/mol. The minimum absolute atomic E-state index is 1.03. The highest BCUT2D eigenvalue weighted by atomic mass is 14.2. The van der Waals surface area contributed by atoms with Gasteiger partial charge in [0.15, 0.2) is 0 Å². The number of hydrogen-bond acceptors (Lipinski definition) is 0. The fraction of sp³-hybridized carbons (Fsp3) is 1.00. The monoisotopic (exact) mass is 380 g/mol. The van der Waals surface area contributed by atoms with Crippen molar-refractivity contribution in [3.8, 4) is 0 Å². The zero-order valence-corrected chi connectivity index (χ0v) is 20.0. The third-order valence-corrected chi connectivity index (χ3v) is 6.53. The van der Waals surface area contributed by atoms with Crippen LogP contribution in [0.4, 0.5) is 0 Å².